The Kier molecular flexibility index (Phi) is 3.38. The van der Waals surface area contributed by atoms with Gasteiger partial charge in [-0.15, -0.1) is 0 Å². The highest BCUT2D eigenvalue weighted by Crippen LogP contribution is 2.23. The summed E-state index contributed by atoms with van der Waals surface area (Å²) in [6.07, 6.45) is 0. The highest BCUT2D eigenvalue weighted by atomic mass is 16.2. The second kappa shape index (κ2) is 4.96. The molecule has 2 aromatic rings. The van der Waals surface area contributed by atoms with Gasteiger partial charge in [-0.3, -0.25) is 9.59 Å². The van der Waals surface area contributed by atoms with Gasteiger partial charge < -0.3 is 0 Å². The molecule has 2 aromatic carbocycles. The van der Waals surface area contributed by atoms with Crippen molar-refractivity contribution < 1.29 is 9.59 Å². The summed E-state index contributed by atoms with van der Waals surface area (Å²) in [5.41, 5.74) is 3.82. The fraction of sp³-hybridized carbons (Fsp3) is 0.125. The molecule has 0 spiro atoms. The summed E-state index contributed by atoms with van der Waals surface area (Å²) in [4.78, 5) is 22.5. The Labute approximate surface area is 106 Å². The number of hydrogen-bond donors (Lipinski definition) is 0. The molecule has 0 unspecified atom stereocenters. The van der Waals surface area contributed by atoms with Gasteiger partial charge in [-0.05, 0) is 23.6 Å². The molecule has 18 heavy (non-hydrogen) atoms. The first-order chi connectivity index (χ1) is 8.59. The topological polar surface area (TPSA) is 34.1 Å². The van der Waals surface area contributed by atoms with Crippen molar-refractivity contribution in [3.05, 3.63) is 59.7 Å². The van der Waals surface area contributed by atoms with Gasteiger partial charge in [-0.2, -0.15) is 0 Å². The van der Waals surface area contributed by atoms with Crippen LogP contribution in [-0.2, 0) is 4.79 Å². The van der Waals surface area contributed by atoms with Crippen molar-refractivity contribution in [1.29, 1.82) is 0 Å². The van der Waals surface area contributed by atoms with Crippen molar-refractivity contribution in [2.45, 2.75) is 13.8 Å². The zero-order chi connectivity index (χ0) is 13.1. The molecule has 0 aliphatic rings. The predicted molar refractivity (Wildman–Crippen MR) is 71.6 cm³/mol. The average molecular weight is 238 g/mol. The van der Waals surface area contributed by atoms with Gasteiger partial charge in [0.1, 0.15) is 0 Å². The lowest BCUT2D eigenvalue weighted by Gasteiger charge is -2.06. The minimum absolute atomic E-state index is 0.432. The Hall–Kier alpha value is -2.22. The third-order valence-electron chi connectivity index (χ3n) is 2.92. The van der Waals surface area contributed by atoms with Crippen LogP contribution in [0.1, 0.15) is 22.8 Å². The van der Waals surface area contributed by atoms with E-state index in [1.807, 2.05) is 43.3 Å². The molecule has 2 rings (SSSR count). The van der Waals surface area contributed by atoms with Crippen molar-refractivity contribution in [2.75, 3.05) is 0 Å². The molecule has 90 valence electrons. The van der Waals surface area contributed by atoms with Gasteiger partial charge in [0.15, 0.2) is 5.78 Å². The van der Waals surface area contributed by atoms with Crippen molar-refractivity contribution in [1.82, 2.24) is 0 Å². The molecular formula is C16H14O2. The molecule has 0 N–H and O–H groups in total. The Morgan fingerprint density at radius 3 is 2.06 bits per heavy atom. The van der Waals surface area contributed by atoms with E-state index in [9.17, 15) is 9.59 Å². The van der Waals surface area contributed by atoms with Crippen LogP contribution >= 0.6 is 0 Å². The Bertz CT molecular complexity index is 595. The number of aryl methyl sites for hydroxylation is 1. The van der Waals surface area contributed by atoms with E-state index in [2.05, 4.69) is 0 Å². The number of carbonyl (C=O) groups excluding carboxylic acids is 2. The van der Waals surface area contributed by atoms with Gasteiger partial charge in [-0.25, -0.2) is 0 Å². The van der Waals surface area contributed by atoms with E-state index in [4.69, 9.17) is 0 Å². The molecule has 0 fully saturated rings. The quantitative estimate of drug-likeness (QED) is 0.606. The maximum atomic E-state index is 11.5. The monoisotopic (exact) mass is 238 g/mol. The van der Waals surface area contributed by atoms with Crippen LogP contribution in [0, 0.1) is 6.92 Å². The second-order valence-corrected chi connectivity index (χ2v) is 4.28. The first-order valence-electron chi connectivity index (χ1n) is 5.81. The standard InChI is InChI=1S/C16H14O2/c1-11-5-3-4-6-15(11)13-7-9-14(10-8-13)16(18)12(2)17/h3-10H,1-2H3. The van der Waals surface area contributed by atoms with Crippen molar-refractivity contribution >= 4 is 11.6 Å². The third-order valence-corrected chi connectivity index (χ3v) is 2.92. The number of Topliss-reactive ketones (excluding diaryl/α,β-unsaturated/α-hetero) is 2. The normalized spacial score (nSPS) is 10.1. The van der Waals surface area contributed by atoms with E-state index in [0.717, 1.165) is 11.1 Å². The van der Waals surface area contributed by atoms with Crippen LogP contribution in [0.4, 0.5) is 0 Å². The second-order valence-electron chi connectivity index (χ2n) is 4.28. The van der Waals surface area contributed by atoms with Crippen LogP contribution in [-0.4, -0.2) is 11.6 Å². The first kappa shape index (κ1) is 12.2. The smallest absolute Gasteiger partial charge is 0.228 e. The van der Waals surface area contributed by atoms with Gasteiger partial charge in [0.25, 0.3) is 0 Å². The minimum Gasteiger partial charge on any atom is -0.291 e. The van der Waals surface area contributed by atoms with E-state index in [-0.39, 0.29) is 0 Å². The fourth-order valence-corrected chi connectivity index (χ4v) is 1.90. The molecule has 0 saturated heterocycles. The zero-order valence-corrected chi connectivity index (χ0v) is 10.4. The van der Waals surface area contributed by atoms with E-state index >= 15 is 0 Å². The van der Waals surface area contributed by atoms with Crippen molar-refractivity contribution in [3.8, 4) is 11.1 Å². The van der Waals surface area contributed by atoms with Gasteiger partial charge >= 0.3 is 0 Å². The maximum Gasteiger partial charge on any atom is 0.228 e. The largest absolute Gasteiger partial charge is 0.291 e. The number of carbonyl (C=O) groups is 2. The summed E-state index contributed by atoms with van der Waals surface area (Å²) >= 11 is 0. The number of benzene rings is 2. The van der Waals surface area contributed by atoms with E-state index < -0.39 is 11.6 Å². The van der Waals surface area contributed by atoms with Gasteiger partial charge in [-0.1, -0.05) is 48.5 Å². The minimum atomic E-state index is -0.439. The fourth-order valence-electron chi connectivity index (χ4n) is 1.90. The summed E-state index contributed by atoms with van der Waals surface area (Å²) in [6, 6.07) is 15.2. The van der Waals surface area contributed by atoms with E-state index in [0.29, 0.717) is 5.56 Å². The summed E-state index contributed by atoms with van der Waals surface area (Å²) in [6.45, 7) is 3.33. The SMILES string of the molecule is CC(=O)C(=O)c1ccc(-c2ccccc2C)cc1. The number of rotatable bonds is 3. The molecule has 0 atom stereocenters. The van der Waals surface area contributed by atoms with Crippen LogP contribution in [0.25, 0.3) is 11.1 Å². The van der Waals surface area contributed by atoms with Gasteiger partial charge in [0.05, 0.1) is 0 Å². The van der Waals surface area contributed by atoms with Crippen LogP contribution < -0.4 is 0 Å². The molecule has 0 radical (unpaired) electrons. The van der Waals surface area contributed by atoms with Crippen molar-refractivity contribution in [2.24, 2.45) is 0 Å². The average Bonchev–Trinajstić information content (AvgIpc) is 2.38. The molecule has 0 aliphatic heterocycles. The molecule has 2 heteroatoms. The van der Waals surface area contributed by atoms with Crippen LogP contribution in [0.15, 0.2) is 48.5 Å². The predicted octanol–water partition coefficient (Wildman–Crippen LogP) is 3.43. The first-order valence-corrected chi connectivity index (χ1v) is 5.81. The molecule has 0 bridgehead atoms. The number of hydrogen-bond acceptors (Lipinski definition) is 2. The van der Waals surface area contributed by atoms with Gasteiger partial charge in [0, 0.05) is 12.5 Å². The summed E-state index contributed by atoms with van der Waals surface area (Å²) in [7, 11) is 0. The summed E-state index contributed by atoms with van der Waals surface area (Å²) in [5, 5.41) is 0. The lowest BCUT2D eigenvalue weighted by molar-refractivity contribution is -0.113. The molecule has 0 aromatic heterocycles. The van der Waals surface area contributed by atoms with E-state index in [1.54, 1.807) is 12.1 Å². The third kappa shape index (κ3) is 2.38. The highest BCUT2D eigenvalue weighted by molar-refractivity contribution is 6.42. The Morgan fingerprint density at radius 2 is 1.50 bits per heavy atom. The Balaban J connectivity index is 2.37. The Morgan fingerprint density at radius 1 is 0.889 bits per heavy atom. The highest BCUT2D eigenvalue weighted by Gasteiger charge is 2.10. The molecule has 0 heterocycles. The summed E-state index contributed by atoms with van der Waals surface area (Å²) in [5.74, 6) is -0.870. The molecule has 2 nitrogen and oxygen atoms in total. The maximum absolute atomic E-state index is 11.5. The van der Waals surface area contributed by atoms with Crippen LogP contribution in [0.5, 0.6) is 0 Å². The van der Waals surface area contributed by atoms with Gasteiger partial charge in [0.2, 0.25) is 5.78 Å². The molecular weight excluding hydrogens is 224 g/mol. The van der Waals surface area contributed by atoms with Crippen LogP contribution in [0.3, 0.4) is 0 Å². The number of ketones is 2. The molecule has 0 saturated carbocycles. The zero-order valence-electron chi connectivity index (χ0n) is 10.4. The van der Waals surface area contributed by atoms with Crippen molar-refractivity contribution in [3.63, 3.8) is 0 Å². The molecule has 0 aliphatic carbocycles. The summed E-state index contributed by atoms with van der Waals surface area (Å²) < 4.78 is 0. The lowest BCUT2D eigenvalue weighted by atomic mass is 9.98. The van der Waals surface area contributed by atoms with Crippen LogP contribution in [0.2, 0.25) is 0 Å². The lowest BCUT2D eigenvalue weighted by Crippen LogP contribution is -2.09. The van der Waals surface area contributed by atoms with E-state index in [1.165, 1.54) is 12.5 Å². The molecule has 0 amide bonds.